The summed E-state index contributed by atoms with van der Waals surface area (Å²) in [6.07, 6.45) is 15.8. The third kappa shape index (κ3) is 3.19. The maximum Gasteiger partial charge on any atom is 0.305 e. The molecule has 0 aromatic rings. The van der Waals surface area contributed by atoms with Gasteiger partial charge in [0.2, 0.25) is 0 Å². The molecule has 6 atom stereocenters. The van der Waals surface area contributed by atoms with E-state index in [0.717, 1.165) is 24.2 Å². The fraction of sp³-hybridized carbons (Fsp3) is 0.880. The van der Waals surface area contributed by atoms with Crippen molar-refractivity contribution in [3.8, 4) is 0 Å². The summed E-state index contributed by atoms with van der Waals surface area (Å²) in [4.78, 5) is 11.6. The molecule has 0 aromatic heterocycles. The van der Waals surface area contributed by atoms with E-state index < -0.39 is 0 Å². The first-order chi connectivity index (χ1) is 12.9. The summed E-state index contributed by atoms with van der Waals surface area (Å²) < 4.78 is 4.87. The number of allylic oxidation sites excluding steroid dienone is 2. The molecule has 0 N–H and O–H groups in total. The Morgan fingerprint density at radius 1 is 1.07 bits per heavy atom. The van der Waals surface area contributed by atoms with Gasteiger partial charge in [-0.3, -0.25) is 4.79 Å². The van der Waals surface area contributed by atoms with Gasteiger partial charge in [0.1, 0.15) is 0 Å². The van der Waals surface area contributed by atoms with Crippen LogP contribution in [0.25, 0.3) is 0 Å². The van der Waals surface area contributed by atoms with Gasteiger partial charge in [-0.15, -0.1) is 0 Å². The molecule has 2 heteroatoms. The van der Waals surface area contributed by atoms with E-state index in [1.54, 1.807) is 5.57 Å². The molecular formula is C25H40O2. The third-order valence-electron chi connectivity index (χ3n) is 9.61. The molecule has 4 rings (SSSR count). The smallest absolute Gasteiger partial charge is 0.305 e. The van der Waals surface area contributed by atoms with Crippen LogP contribution in [0.15, 0.2) is 11.1 Å². The van der Waals surface area contributed by atoms with Gasteiger partial charge in [0, 0.05) is 6.42 Å². The molecule has 0 unspecified atom stereocenters. The Morgan fingerprint density at radius 3 is 2.67 bits per heavy atom. The molecule has 3 saturated carbocycles. The van der Waals surface area contributed by atoms with Crippen molar-refractivity contribution in [2.75, 3.05) is 7.11 Å². The minimum absolute atomic E-state index is 0.0548. The highest BCUT2D eigenvalue weighted by Gasteiger charge is 2.56. The van der Waals surface area contributed by atoms with E-state index in [4.69, 9.17) is 4.74 Å². The monoisotopic (exact) mass is 372 g/mol. The van der Waals surface area contributed by atoms with Crippen LogP contribution in [0.4, 0.5) is 0 Å². The van der Waals surface area contributed by atoms with Crippen molar-refractivity contribution in [2.45, 2.75) is 97.8 Å². The molecule has 0 radical (unpaired) electrons. The highest BCUT2D eigenvalue weighted by molar-refractivity contribution is 5.69. The second kappa shape index (κ2) is 7.23. The van der Waals surface area contributed by atoms with E-state index in [1.807, 2.05) is 5.57 Å². The fourth-order valence-electron chi connectivity index (χ4n) is 8.03. The summed E-state index contributed by atoms with van der Waals surface area (Å²) >= 11 is 0. The van der Waals surface area contributed by atoms with Crippen molar-refractivity contribution in [1.29, 1.82) is 0 Å². The number of carbonyl (C=O) groups excluding carboxylic acids is 1. The van der Waals surface area contributed by atoms with E-state index in [9.17, 15) is 4.79 Å². The van der Waals surface area contributed by atoms with Crippen LogP contribution in [0.3, 0.4) is 0 Å². The molecule has 0 spiro atoms. The van der Waals surface area contributed by atoms with Crippen molar-refractivity contribution in [3.05, 3.63) is 11.1 Å². The highest BCUT2D eigenvalue weighted by Crippen LogP contribution is 2.66. The Kier molecular flexibility index (Phi) is 5.23. The number of ether oxygens (including phenoxy) is 1. The second-order valence-electron chi connectivity index (χ2n) is 10.8. The molecule has 0 saturated heterocycles. The molecule has 152 valence electrons. The van der Waals surface area contributed by atoms with Crippen LogP contribution in [0.1, 0.15) is 97.8 Å². The molecule has 4 aliphatic rings. The van der Waals surface area contributed by atoms with Crippen LogP contribution < -0.4 is 0 Å². The summed E-state index contributed by atoms with van der Waals surface area (Å²) in [5.74, 6) is 3.37. The lowest BCUT2D eigenvalue weighted by atomic mass is 9.46. The lowest BCUT2D eigenvalue weighted by Crippen LogP contribution is -2.50. The van der Waals surface area contributed by atoms with Gasteiger partial charge in [0.25, 0.3) is 0 Å². The van der Waals surface area contributed by atoms with Gasteiger partial charge >= 0.3 is 5.97 Å². The van der Waals surface area contributed by atoms with Gasteiger partial charge in [-0.2, -0.15) is 0 Å². The molecule has 0 aromatic carbocycles. The summed E-state index contributed by atoms with van der Waals surface area (Å²) in [7, 11) is 1.50. The lowest BCUT2D eigenvalue weighted by molar-refractivity contribution is -0.140. The Bertz CT molecular complexity index is 620. The van der Waals surface area contributed by atoms with Gasteiger partial charge in [-0.25, -0.2) is 0 Å². The molecule has 0 heterocycles. The number of methoxy groups -OCH3 is 1. The Labute approximate surface area is 166 Å². The minimum Gasteiger partial charge on any atom is -0.469 e. The Hall–Kier alpha value is -0.790. The summed E-state index contributed by atoms with van der Waals surface area (Å²) in [5.41, 5.74) is 4.64. The van der Waals surface area contributed by atoms with Gasteiger partial charge in [0.15, 0.2) is 0 Å². The molecule has 0 aliphatic heterocycles. The van der Waals surface area contributed by atoms with E-state index in [-0.39, 0.29) is 5.97 Å². The molecule has 3 fully saturated rings. The normalized spacial score (nSPS) is 42.1. The number of esters is 1. The maximum atomic E-state index is 11.6. The van der Waals surface area contributed by atoms with Crippen LogP contribution >= 0.6 is 0 Å². The van der Waals surface area contributed by atoms with Gasteiger partial charge in [-0.1, -0.05) is 44.8 Å². The largest absolute Gasteiger partial charge is 0.469 e. The number of hydrogen-bond donors (Lipinski definition) is 0. The standard InChI is InChI=1S/C25H40O2/c1-17(8-11-23(26)27-4)18-12-16-25(3)21(18)10-9-19-20-7-5-6-14-24(20,2)15-13-22(19)25/h17,19-20,22H,5-16H2,1-4H3/t17-,19-,20-,22-,24-,25-/m0/s1. The zero-order valence-corrected chi connectivity index (χ0v) is 18.1. The van der Waals surface area contributed by atoms with E-state index >= 15 is 0 Å². The van der Waals surface area contributed by atoms with E-state index in [2.05, 4.69) is 20.8 Å². The van der Waals surface area contributed by atoms with Gasteiger partial charge < -0.3 is 4.74 Å². The van der Waals surface area contributed by atoms with Crippen molar-refractivity contribution in [1.82, 2.24) is 0 Å². The summed E-state index contributed by atoms with van der Waals surface area (Å²) in [5, 5.41) is 0. The first-order valence-electron chi connectivity index (χ1n) is 11.7. The maximum absolute atomic E-state index is 11.6. The first kappa shape index (κ1) is 19.5. The molecule has 0 bridgehead atoms. The summed E-state index contributed by atoms with van der Waals surface area (Å²) in [6.45, 7) is 7.59. The number of fused-ring (bicyclic) bond motifs is 5. The van der Waals surface area contributed by atoms with Crippen LogP contribution in [0, 0.1) is 34.5 Å². The molecule has 27 heavy (non-hydrogen) atoms. The van der Waals surface area contributed by atoms with Gasteiger partial charge in [-0.05, 0) is 92.3 Å². The molecular weight excluding hydrogens is 332 g/mol. The second-order valence-corrected chi connectivity index (χ2v) is 10.8. The molecule has 0 amide bonds. The van der Waals surface area contributed by atoms with Crippen LogP contribution in [-0.4, -0.2) is 13.1 Å². The zero-order valence-electron chi connectivity index (χ0n) is 18.1. The number of hydrogen-bond acceptors (Lipinski definition) is 2. The third-order valence-corrected chi connectivity index (χ3v) is 9.61. The first-order valence-corrected chi connectivity index (χ1v) is 11.7. The summed E-state index contributed by atoms with van der Waals surface area (Å²) in [6, 6.07) is 0. The number of carbonyl (C=O) groups is 1. The molecule has 4 aliphatic carbocycles. The SMILES string of the molecule is COC(=O)CC[C@H](C)C1=C2CC[C@H]3[C@@H]4CCCC[C@@]4(C)CC[C@@H]3[C@@]2(C)CC1. The zero-order chi connectivity index (χ0) is 19.2. The number of rotatable bonds is 4. The van der Waals surface area contributed by atoms with Crippen molar-refractivity contribution >= 4 is 5.97 Å². The van der Waals surface area contributed by atoms with Crippen LogP contribution in [-0.2, 0) is 9.53 Å². The fourth-order valence-corrected chi connectivity index (χ4v) is 8.03. The predicted molar refractivity (Wildman–Crippen MR) is 110 cm³/mol. The Morgan fingerprint density at radius 2 is 1.89 bits per heavy atom. The topological polar surface area (TPSA) is 26.3 Å². The van der Waals surface area contributed by atoms with Crippen molar-refractivity contribution in [2.24, 2.45) is 34.5 Å². The molecule has 2 nitrogen and oxygen atoms in total. The quantitative estimate of drug-likeness (QED) is 0.406. The Balaban J connectivity index is 1.54. The van der Waals surface area contributed by atoms with Crippen LogP contribution in [0.5, 0.6) is 0 Å². The van der Waals surface area contributed by atoms with E-state index in [0.29, 0.717) is 23.2 Å². The van der Waals surface area contributed by atoms with Crippen molar-refractivity contribution in [3.63, 3.8) is 0 Å². The lowest BCUT2D eigenvalue weighted by Gasteiger charge is -2.59. The van der Waals surface area contributed by atoms with Gasteiger partial charge in [0.05, 0.1) is 7.11 Å². The van der Waals surface area contributed by atoms with Crippen LogP contribution in [0.2, 0.25) is 0 Å². The average Bonchev–Trinajstić information content (AvgIpc) is 3.02. The van der Waals surface area contributed by atoms with E-state index in [1.165, 1.54) is 71.3 Å². The van der Waals surface area contributed by atoms with Crippen molar-refractivity contribution < 1.29 is 9.53 Å². The predicted octanol–water partition coefficient (Wildman–Crippen LogP) is 6.69. The minimum atomic E-state index is -0.0548. The average molecular weight is 373 g/mol. The highest BCUT2D eigenvalue weighted by atomic mass is 16.5.